The Morgan fingerprint density at radius 1 is 1.11 bits per heavy atom. The van der Waals surface area contributed by atoms with Crippen molar-refractivity contribution in [3.8, 4) is 23.2 Å². The van der Waals surface area contributed by atoms with Crippen molar-refractivity contribution in [3.63, 3.8) is 0 Å². The number of nitrogens with zero attached hydrogens (tertiary/aromatic N) is 2. The second kappa shape index (κ2) is 10.9. The fourth-order valence-electron chi connectivity index (χ4n) is 3.53. The minimum absolute atomic E-state index is 0.157. The lowest BCUT2D eigenvalue weighted by molar-refractivity contribution is -0.119. The first-order valence-corrected chi connectivity index (χ1v) is 12.0. The van der Waals surface area contributed by atoms with Gasteiger partial charge in [0.25, 0.3) is 5.91 Å². The summed E-state index contributed by atoms with van der Waals surface area (Å²) in [5.74, 6) is -0.563. The van der Waals surface area contributed by atoms with Crippen molar-refractivity contribution in [2.24, 2.45) is 0 Å². The third-order valence-electron chi connectivity index (χ3n) is 5.39. The number of aromatic amines is 1. The maximum Gasteiger partial charge on any atom is 0.348 e. The van der Waals surface area contributed by atoms with Crippen LogP contribution in [0, 0.1) is 18.3 Å². The molecule has 0 fully saturated rings. The highest BCUT2D eigenvalue weighted by Crippen LogP contribution is 2.33. The van der Waals surface area contributed by atoms with Gasteiger partial charge in [-0.1, -0.05) is 0 Å². The zero-order valence-electron chi connectivity index (χ0n) is 20.2. The number of hydrogen-bond donors (Lipinski definition) is 2. The SMILES string of the molecule is CCOC(=O)c1sc(NC(=O)COC(=O)c2ccc3nc(-c4ccc(OC)cc4)[nH]c3c2)c(C#N)c1C. The van der Waals surface area contributed by atoms with Crippen molar-refractivity contribution in [3.05, 3.63) is 64.0 Å². The third-order valence-corrected chi connectivity index (χ3v) is 6.58. The van der Waals surface area contributed by atoms with Crippen molar-refractivity contribution in [1.82, 2.24) is 9.97 Å². The number of benzene rings is 2. The van der Waals surface area contributed by atoms with Crippen LogP contribution in [-0.2, 0) is 14.3 Å². The number of methoxy groups -OCH3 is 1. The molecule has 0 radical (unpaired) electrons. The molecule has 37 heavy (non-hydrogen) atoms. The summed E-state index contributed by atoms with van der Waals surface area (Å²) >= 11 is 0.934. The normalized spacial score (nSPS) is 10.5. The van der Waals surface area contributed by atoms with E-state index in [1.165, 1.54) is 0 Å². The summed E-state index contributed by atoms with van der Waals surface area (Å²) in [6.45, 7) is 2.88. The van der Waals surface area contributed by atoms with Gasteiger partial charge in [0.05, 0.1) is 35.9 Å². The Morgan fingerprint density at radius 3 is 2.54 bits per heavy atom. The van der Waals surface area contributed by atoms with E-state index in [2.05, 4.69) is 15.3 Å². The number of fused-ring (bicyclic) bond motifs is 1. The van der Waals surface area contributed by atoms with Gasteiger partial charge in [-0.05, 0) is 61.9 Å². The molecule has 11 heteroatoms. The van der Waals surface area contributed by atoms with Crippen LogP contribution in [0.5, 0.6) is 5.75 Å². The Morgan fingerprint density at radius 2 is 1.86 bits per heavy atom. The van der Waals surface area contributed by atoms with E-state index in [4.69, 9.17) is 14.2 Å². The Bertz CT molecular complexity index is 1530. The number of thiophene rings is 1. The smallest absolute Gasteiger partial charge is 0.348 e. The molecule has 0 bridgehead atoms. The van der Waals surface area contributed by atoms with Gasteiger partial charge in [-0.3, -0.25) is 4.79 Å². The molecule has 0 aliphatic carbocycles. The van der Waals surface area contributed by atoms with Gasteiger partial charge in [0, 0.05) is 5.56 Å². The Kier molecular flexibility index (Phi) is 7.50. The fourth-order valence-corrected chi connectivity index (χ4v) is 4.59. The van der Waals surface area contributed by atoms with Gasteiger partial charge < -0.3 is 24.5 Å². The van der Waals surface area contributed by atoms with Gasteiger partial charge in [-0.2, -0.15) is 5.26 Å². The number of ether oxygens (including phenoxy) is 3. The number of aromatic nitrogens is 2. The number of carbonyl (C=O) groups excluding carboxylic acids is 3. The van der Waals surface area contributed by atoms with Crippen LogP contribution in [0.2, 0.25) is 0 Å². The van der Waals surface area contributed by atoms with E-state index >= 15 is 0 Å². The van der Waals surface area contributed by atoms with Crippen LogP contribution in [0.1, 0.15) is 38.1 Å². The molecule has 2 N–H and O–H groups in total. The lowest BCUT2D eigenvalue weighted by Gasteiger charge is -2.06. The summed E-state index contributed by atoms with van der Waals surface area (Å²) in [6, 6.07) is 14.2. The van der Waals surface area contributed by atoms with Gasteiger partial charge in [0.15, 0.2) is 6.61 Å². The van der Waals surface area contributed by atoms with Gasteiger partial charge in [-0.15, -0.1) is 11.3 Å². The maximum atomic E-state index is 12.6. The fraction of sp³-hybridized carbons (Fsp3) is 0.192. The van der Waals surface area contributed by atoms with Crippen molar-refractivity contribution in [2.75, 3.05) is 25.6 Å². The van der Waals surface area contributed by atoms with E-state index < -0.39 is 24.5 Å². The highest BCUT2D eigenvalue weighted by molar-refractivity contribution is 7.18. The summed E-state index contributed by atoms with van der Waals surface area (Å²) in [4.78, 5) is 45.0. The number of nitrogens with one attached hydrogen (secondary N) is 2. The molecular formula is C26H22N4O6S. The molecule has 0 spiro atoms. The highest BCUT2D eigenvalue weighted by Gasteiger charge is 2.22. The van der Waals surface area contributed by atoms with Crippen LogP contribution in [0.25, 0.3) is 22.4 Å². The molecule has 10 nitrogen and oxygen atoms in total. The molecule has 188 valence electrons. The average Bonchev–Trinajstić information content (AvgIpc) is 3.47. The molecule has 0 aliphatic heterocycles. The second-order valence-electron chi connectivity index (χ2n) is 7.76. The van der Waals surface area contributed by atoms with Crippen LogP contribution >= 0.6 is 11.3 Å². The van der Waals surface area contributed by atoms with E-state index in [9.17, 15) is 19.6 Å². The zero-order chi connectivity index (χ0) is 26.5. The molecule has 2 aromatic heterocycles. The standard InChI is InChI=1S/C26H22N4O6S/c1-4-35-26(33)22-14(2)18(12-27)24(37-22)30-21(31)13-36-25(32)16-7-10-19-20(11-16)29-23(28-19)15-5-8-17(34-3)9-6-15/h5-11H,4,13H2,1-3H3,(H,28,29)(H,30,31). The monoisotopic (exact) mass is 518 g/mol. The maximum absolute atomic E-state index is 12.6. The molecule has 0 aliphatic rings. The summed E-state index contributed by atoms with van der Waals surface area (Å²) in [7, 11) is 1.59. The van der Waals surface area contributed by atoms with Crippen LogP contribution in [0.4, 0.5) is 5.00 Å². The zero-order valence-corrected chi connectivity index (χ0v) is 21.0. The molecule has 0 atom stereocenters. The van der Waals surface area contributed by atoms with E-state index in [0.29, 0.717) is 22.4 Å². The minimum atomic E-state index is -0.701. The largest absolute Gasteiger partial charge is 0.497 e. The van der Waals surface area contributed by atoms with Gasteiger partial charge in [0.2, 0.25) is 0 Å². The molecule has 1 amide bonds. The lowest BCUT2D eigenvalue weighted by Crippen LogP contribution is -2.20. The van der Waals surface area contributed by atoms with Crippen molar-refractivity contribution in [2.45, 2.75) is 13.8 Å². The van der Waals surface area contributed by atoms with Crippen molar-refractivity contribution < 1.29 is 28.6 Å². The number of nitriles is 1. The molecule has 4 aromatic rings. The van der Waals surface area contributed by atoms with E-state index in [-0.39, 0.29) is 27.6 Å². The van der Waals surface area contributed by atoms with Crippen LogP contribution in [0.3, 0.4) is 0 Å². The molecule has 2 aromatic carbocycles. The van der Waals surface area contributed by atoms with Crippen LogP contribution < -0.4 is 10.1 Å². The summed E-state index contributed by atoms with van der Waals surface area (Å²) in [5, 5.41) is 12.2. The van der Waals surface area contributed by atoms with Gasteiger partial charge in [0.1, 0.15) is 27.5 Å². The first-order valence-electron chi connectivity index (χ1n) is 11.2. The third kappa shape index (κ3) is 5.44. The molecule has 0 unspecified atom stereocenters. The van der Waals surface area contributed by atoms with E-state index in [0.717, 1.165) is 22.6 Å². The topological polar surface area (TPSA) is 143 Å². The lowest BCUT2D eigenvalue weighted by atomic mass is 10.2. The summed E-state index contributed by atoms with van der Waals surface area (Å²) < 4.78 is 15.3. The number of carbonyl (C=O) groups is 3. The molecule has 4 rings (SSSR count). The van der Waals surface area contributed by atoms with Crippen molar-refractivity contribution >= 4 is 45.2 Å². The Hall–Kier alpha value is -4.69. The number of rotatable bonds is 8. The van der Waals surface area contributed by atoms with Crippen molar-refractivity contribution in [1.29, 1.82) is 5.26 Å². The molecule has 2 heterocycles. The second-order valence-corrected chi connectivity index (χ2v) is 8.78. The predicted octanol–water partition coefficient (Wildman–Crippen LogP) is 4.45. The number of H-pyrrole nitrogens is 1. The molecular weight excluding hydrogens is 496 g/mol. The average molecular weight is 519 g/mol. The molecule has 0 saturated carbocycles. The summed E-state index contributed by atoms with van der Waals surface area (Å²) in [6.07, 6.45) is 0. The van der Waals surface area contributed by atoms with E-state index in [1.807, 2.05) is 30.3 Å². The predicted molar refractivity (Wildman–Crippen MR) is 137 cm³/mol. The Balaban J connectivity index is 1.42. The van der Waals surface area contributed by atoms with Crippen LogP contribution in [0.15, 0.2) is 42.5 Å². The minimum Gasteiger partial charge on any atom is -0.497 e. The van der Waals surface area contributed by atoms with Crippen LogP contribution in [-0.4, -0.2) is 48.1 Å². The Labute approximate surface area is 215 Å². The molecule has 0 saturated heterocycles. The number of amides is 1. The number of hydrogen-bond acceptors (Lipinski definition) is 9. The number of imidazole rings is 1. The highest BCUT2D eigenvalue weighted by atomic mass is 32.1. The summed E-state index contributed by atoms with van der Waals surface area (Å²) in [5.41, 5.74) is 2.95. The first-order chi connectivity index (χ1) is 17.8. The number of esters is 2. The van der Waals surface area contributed by atoms with Gasteiger partial charge >= 0.3 is 11.9 Å². The quantitative estimate of drug-likeness (QED) is 0.326. The first kappa shape index (κ1) is 25.4. The van der Waals surface area contributed by atoms with E-state index in [1.54, 1.807) is 39.2 Å². The number of anilines is 1. The van der Waals surface area contributed by atoms with Gasteiger partial charge in [-0.25, -0.2) is 14.6 Å².